The lowest BCUT2D eigenvalue weighted by Gasteiger charge is -2.11. The summed E-state index contributed by atoms with van der Waals surface area (Å²) in [4.78, 5) is 12.2. The van der Waals surface area contributed by atoms with E-state index >= 15 is 0 Å². The Balaban J connectivity index is 2.61. The molecule has 3 heteroatoms. The Hall–Kier alpha value is -2.78. The molecule has 3 nitrogen and oxygen atoms in total. The average molecular weight is 262 g/mol. The maximum absolute atomic E-state index is 12.2. The van der Waals surface area contributed by atoms with Crippen LogP contribution in [-0.4, -0.2) is 4.57 Å². The number of benzene rings is 1. The highest BCUT2D eigenvalue weighted by Crippen LogP contribution is 2.19. The molecule has 20 heavy (non-hydrogen) atoms. The van der Waals surface area contributed by atoms with Crippen molar-refractivity contribution in [3.8, 4) is 29.7 Å². The zero-order valence-electron chi connectivity index (χ0n) is 11.3. The summed E-state index contributed by atoms with van der Waals surface area (Å²) >= 11 is 0. The first-order valence-electron chi connectivity index (χ1n) is 6.38. The molecule has 0 aliphatic heterocycles. The van der Waals surface area contributed by atoms with E-state index in [1.165, 1.54) is 10.1 Å². The summed E-state index contributed by atoms with van der Waals surface area (Å²) in [7, 11) is 0. The number of hydrogen-bond acceptors (Lipinski definition) is 2. The molecule has 0 saturated heterocycles. The topological polar surface area (TPSA) is 45.8 Å². The highest BCUT2D eigenvalue weighted by molar-refractivity contribution is 5.61. The van der Waals surface area contributed by atoms with Crippen LogP contribution >= 0.6 is 0 Å². The third-order valence-electron chi connectivity index (χ3n) is 3.20. The van der Waals surface area contributed by atoms with Crippen LogP contribution in [0.3, 0.4) is 0 Å². The minimum atomic E-state index is -0.345. The fourth-order valence-electron chi connectivity index (χ4n) is 2.07. The molecule has 0 unspecified atom stereocenters. The standard InChI is InChI=1S/C17H14N2O/c1-3-11-19-16(10-9-15(12-18)17(19)20)14-7-5-13(4-2)6-8-14/h1,5-10H,4,11H2,2H3. The fourth-order valence-corrected chi connectivity index (χ4v) is 2.07. The third-order valence-corrected chi connectivity index (χ3v) is 3.20. The number of aryl methyl sites for hydroxylation is 1. The Morgan fingerprint density at radius 1 is 1.20 bits per heavy atom. The van der Waals surface area contributed by atoms with Crippen molar-refractivity contribution >= 4 is 0 Å². The van der Waals surface area contributed by atoms with E-state index in [1.54, 1.807) is 12.1 Å². The van der Waals surface area contributed by atoms with Crippen LogP contribution in [0.4, 0.5) is 0 Å². The highest BCUT2D eigenvalue weighted by Gasteiger charge is 2.09. The molecule has 2 aromatic rings. The second-order valence-electron chi connectivity index (χ2n) is 4.39. The first-order valence-corrected chi connectivity index (χ1v) is 6.38. The van der Waals surface area contributed by atoms with Gasteiger partial charge in [0.15, 0.2) is 0 Å². The largest absolute Gasteiger partial charge is 0.296 e. The molecular weight excluding hydrogens is 248 g/mol. The SMILES string of the molecule is C#CCn1c(-c2ccc(CC)cc2)ccc(C#N)c1=O. The maximum atomic E-state index is 12.2. The number of nitrogens with zero attached hydrogens (tertiary/aromatic N) is 2. The van der Waals surface area contributed by atoms with E-state index in [4.69, 9.17) is 11.7 Å². The van der Waals surface area contributed by atoms with Gasteiger partial charge in [0.05, 0.1) is 12.2 Å². The van der Waals surface area contributed by atoms with Gasteiger partial charge in [0.25, 0.3) is 5.56 Å². The molecule has 0 N–H and O–H groups in total. The first-order chi connectivity index (χ1) is 9.71. The van der Waals surface area contributed by atoms with Crippen LogP contribution in [0.1, 0.15) is 18.1 Å². The maximum Gasteiger partial charge on any atom is 0.269 e. The van der Waals surface area contributed by atoms with E-state index in [-0.39, 0.29) is 17.7 Å². The Labute approximate surface area is 118 Å². The zero-order chi connectivity index (χ0) is 14.5. The molecule has 1 aromatic heterocycles. The van der Waals surface area contributed by atoms with Gasteiger partial charge in [-0.25, -0.2) is 0 Å². The number of pyridine rings is 1. The van der Waals surface area contributed by atoms with Crippen LogP contribution in [0.15, 0.2) is 41.2 Å². The van der Waals surface area contributed by atoms with E-state index in [2.05, 4.69) is 12.8 Å². The molecule has 0 atom stereocenters. The van der Waals surface area contributed by atoms with Gasteiger partial charge in [-0.05, 0) is 29.7 Å². The predicted octanol–water partition coefficient (Wildman–Crippen LogP) is 2.58. The van der Waals surface area contributed by atoms with E-state index in [9.17, 15) is 4.79 Å². The first kappa shape index (κ1) is 13.6. The van der Waals surface area contributed by atoms with Crippen LogP contribution in [0.5, 0.6) is 0 Å². The Kier molecular flexibility index (Phi) is 4.03. The van der Waals surface area contributed by atoms with Crippen molar-refractivity contribution in [2.75, 3.05) is 0 Å². The van der Waals surface area contributed by atoms with Crippen LogP contribution in [-0.2, 0) is 13.0 Å². The van der Waals surface area contributed by atoms with Crippen molar-refractivity contribution < 1.29 is 0 Å². The molecule has 1 heterocycles. The Bertz CT molecular complexity index is 756. The molecule has 0 fully saturated rings. The zero-order valence-corrected chi connectivity index (χ0v) is 11.3. The highest BCUT2D eigenvalue weighted by atomic mass is 16.1. The van der Waals surface area contributed by atoms with Gasteiger partial charge in [-0.2, -0.15) is 5.26 Å². The lowest BCUT2D eigenvalue weighted by atomic mass is 10.1. The van der Waals surface area contributed by atoms with Crippen LogP contribution < -0.4 is 5.56 Å². The van der Waals surface area contributed by atoms with E-state index in [0.29, 0.717) is 0 Å². The van der Waals surface area contributed by atoms with Gasteiger partial charge in [0.2, 0.25) is 0 Å². The average Bonchev–Trinajstić information content (AvgIpc) is 2.49. The summed E-state index contributed by atoms with van der Waals surface area (Å²) in [5.41, 5.74) is 2.64. The number of terminal acetylenes is 1. The van der Waals surface area contributed by atoms with Gasteiger partial charge < -0.3 is 0 Å². The molecule has 0 aliphatic rings. The van der Waals surface area contributed by atoms with Crippen molar-refractivity contribution in [2.45, 2.75) is 19.9 Å². The fraction of sp³-hybridized carbons (Fsp3) is 0.176. The van der Waals surface area contributed by atoms with Gasteiger partial charge in [0, 0.05) is 0 Å². The Morgan fingerprint density at radius 3 is 2.45 bits per heavy atom. The van der Waals surface area contributed by atoms with Crippen molar-refractivity contribution in [3.63, 3.8) is 0 Å². The van der Waals surface area contributed by atoms with Crippen molar-refractivity contribution in [3.05, 3.63) is 57.9 Å². The molecule has 0 radical (unpaired) electrons. The summed E-state index contributed by atoms with van der Waals surface area (Å²) in [5, 5.41) is 8.93. The smallest absolute Gasteiger partial charge is 0.269 e. The quantitative estimate of drug-likeness (QED) is 0.798. The van der Waals surface area contributed by atoms with Gasteiger partial charge >= 0.3 is 0 Å². The second kappa shape index (κ2) is 5.91. The van der Waals surface area contributed by atoms with E-state index < -0.39 is 0 Å². The number of aromatic nitrogens is 1. The summed E-state index contributed by atoms with van der Waals surface area (Å²) < 4.78 is 1.46. The molecule has 0 aliphatic carbocycles. The summed E-state index contributed by atoms with van der Waals surface area (Å²) in [6.45, 7) is 2.24. The molecular formula is C17H14N2O. The van der Waals surface area contributed by atoms with Crippen molar-refractivity contribution in [2.24, 2.45) is 0 Å². The third kappa shape index (κ3) is 2.48. The van der Waals surface area contributed by atoms with Gasteiger partial charge in [-0.3, -0.25) is 9.36 Å². The van der Waals surface area contributed by atoms with Crippen LogP contribution in [0.2, 0.25) is 0 Å². The molecule has 2 rings (SSSR count). The molecule has 1 aromatic carbocycles. The van der Waals surface area contributed by atoms with Crippen LogP contribution in [0, 0.1) is 23.7 Å². The normalized spacial score (nSPS) is 9.75. The van der Waals surface area contributed by atoms with Gasteiger partial charge in [0.1, 0.15) is 11.6 Å². The van der Waals surface area contributed by atoms with Gasteiger partial charge in [-0.15, -0.1) is 6.42 Å². The monoisotopic (exact) mass is 262 g/mol. The molecule has 0 amide bonds. The minimum Gasteiger partial charge on any atom is -0.296 e. The molecule has 98 valence electrons. The van der Waals surface area contributed by atoms with Crippen molar-refractivity contribution in [1.29, 1.82) is 5.26 Å². The number of nitriles is 1. The van der Waals surface area contributed by atoms with E-state index in [0.717, 1.165) is 17.7 Å². The lowest BCUT2D eigenvalue weighted by Crippen LogP contribution is -2.23. The summed E-state index contributed by atoms with van der Waals surface area (Å²) in [5.74, 6) is 2.46. The van der Waals surface area contributed by atoms with Gasteiger partial charge in [-0.1, -0.05) is 37.1 Å². The lowest BCUT2D eigenvalue weighted by molar-refractivity contribution is 0.802. The Morgan fingerprint density at radius 2 is 1.90 bits per heavy atom. The van der Waals surface area contributed by atoms with Crippen LogP contribution in [0.25, 0.3) is 11.3 Å². The summed E-state index contributed by atoms with van der Waals surface area (Å²) in [6.07, 6.45) is 6.28. The minimum absolute atomic E-state index is 0.106. The molecule has 0 saturated carbocycles. The number of hydrogen-bond donors (Lipinski definition) is 0. The number of rotatable bonds is 3. The second-order valence-corrected chi connectivity index (χ2v) is 4.39. The van der Waals surface area contributed by atoms with Crippen molar-refractivity contribution in [1.82, 2.24) is 4.57 Å². The molecule has 0 spiro atoms. The molecule has 0 bridgehead atoms. The van der Waals surface area contributed by atoms with E-state index in [1.807, 2.05) is 30.3 Å². The predicted molar refractivity (Wildman–Crippen MR) is 79.1 cm³/mol. The summed E-state index contributed by atoms with van der Waals surface area (Å²) in [6, 6.07) is 13.2.